The highest BCUT2D eigenvalue weighted by Gasteiger charge is 2.09. The van der Waals surface area contributed by atoms with Gasteiger partial charge in [0.05, 0.1) is 29.8 Å². The first-order valence-electron chi connectivity index (χ1n) is 10.0. The van der Waals surface area contributed by atoms with Gasteiger partial charge in [-0.3, -0.25) is 15.0 Å². The number of aromatic nitrogens is 6. The zero-order chi connectivity index (χ0) is 21.2. The molecule has 0 amide bonds. The Morgan fingerprint density at radius 3 is 2.58 bits per heavy atom. The molecule has 0 saturated heterocycles. The van der Waals surface area contributed by atoms with Crippen molar-refractivity contribution in [2.75, 3.05) is 5.32 Å². The second kappa shape index (κ2) is 7.95. The van der Waals surface area contributed by atoms with E-state index in [1.807, 2.05) is 25.3 Å². The molecule has 4 heterocycles. The first-order chi connectivity index (χ1) is 15.2. The summed E-state index contributed by atoms with van der Waals surface area (Å²) in [5, 5.41) is 7.92. The van der Waals surface area contributed by atoms with Crippen molar-refractivity contribution in [1.82, 2.24) is 29.5 Å². The van der Waals surface area contributed by atoms with Gasteiger partial charge in [0.15, 0.2) is 0 Å². The Morgan fingerprint density at radius 1 is 0.839 bits per heavy atom. The number of hydrogen-bond acceptors (Lipinski definition) is 6. The van der Waals surface area contributed by atoms with E-state index in [2.05, 4.69) is 61.5 Å². The van der Waals surface area contributed by atoms with Gasteiger partial charge < -0.3 is 5.32 Å². The molecule has 4 aromatic heterocycles. The summed E-state index contributed by atoms with van der Waals surface area (Å²) in [7, 11) is 0. The van der Waals surface area contributed by atoms with E-state index < -0.39 is 0 Å². The Hall–Kier alpha value is -4.13. The molecule has 0 saturated carbocycles. The molecular formula is C24H21N7. The van der Waals surface area contributed by atoms with Crippen LogP contribution < -0.4 is 5.32 Å². The third-order valence-corrected chi connectivity index (χ3v) is 5.19. The minimum atomic E-state index is 0.656. The second-order valence-electron chi connectivity index (χ2n) is 7.44. The van der Waals surface area contributed by atoms with Crippen LogP contribution in [0.15, 0.2) is 73.6 Å². The van der Waals surface area contributed by atoms with Gasteiger partial charge in [0, 0.05) is 36.4 Å². The number of imidazole rings is 1. The summed E-state index contributed by atoms with van der Waals surface area (Å²) in [6.45, 7) is 4.80. The quantitative estimate of drug-likeness (QED) is 0.463. The first kappa shape index (κ1) is 18.9. The monoisotopic (exact) mass is 407 g/mol. The van der Waals surface area contributed by atoms with Crippen LogP contribution in [-0.4, -0.2) is 29.5 Å². The van der Waals surface area contributed by atoms with E-state index >= 15 is 0 Å². The van der Waals surface area contributed by atoms with Crippen molar-refractivity contribution in [2.24, 2.45) is 0 Å². The normalized spacial score (nSPS) is 11.0. The average Bonchev–Trinajstić information content (AvgIpc) is 3.20. The highest BCUT2D eigenvalue weighted by Crippen LogP contribution is 2.25. The predicted octanol–water partition coefficient (Wildman–Crippen LogP) is 4.48. The number of anilines is 1. The molecule has 1 N–H and O–H groups in total. The summed E-state index contributed by atoms with van der Waals surface area (Å²) < 4.78 is 1.79. The molecule has 0 spiro atoms. The molecule has 0 aliphatic carbocycles. The van der Waals surface area contributed by atoms with E-state index in [0.29, 0.717) is 12.5 Å². The van der Waals surface area contributed by atoms with Gasteiger partial charge in [-0.15, -0.1) is 0 Å². The van der Waals surface area contributed by atoms with E-state index in [1.54, 1.807) is 35.5 Å². The Labute approximate surface area is 179 Å². The van der Waals surface area contributed by atoms with Crippen LogP contribution in [0.25, 0.3) is 27.9 Å². The second-order valence-corrected chi connectivity index (χ2v) is 7.44. The van der Waals surface area contributed by atoms with Gasteiger partial charge in [-0.05, 0) is 54.3 Å². The van der Waals surface area contributed by atoms with Gasteiger partial charge in [-0.1, -0.05) is 18.2 Å². The van der Waals surface area contributed by atoms with Crippen molar-refractivity contribution in [3.05, 3.63) is 90.4 Å². The Kier molecular flexibility index (Phi) is 4.84. The summed E-state index contributed by atoms with van der Waals surface area (Å²) >= 11 is 0. The Balaban J connectivity index is 1.34. The fourth-order valence-electron chi connectivity index (χ4n) is 3.66. The van der Waals surface area contributed by atoms with E-state index in [1.165, 1.54) is 22.3 Å². The molecule has 0 fully saturated rings. The van der Waals surface area contributed by atoms with Crippen LogP contribution in [0.1, 0.15) is 16.8 Å². The highest BCUT2D eigenvalue weighted by molar-refractivity contribution is 5.68. The van der Waals surface area contributed by atoms with Crippen LogP contribution in [0.4, 0.5) is 5.95 Å². The molecule has 152 valence electrons. The van der Waals surface area contributed by atoms with Gasteiger partial charge in [0.25, 0.3) is 0 Å². The molecule has 0 unspecified atom stereocenters. The summed E-state index contributed by atoms with van der Waals surface area (Å²) in [6.07, 6.45) is 10.5. The molecule has 5 rings (SSSR count). The lowest BCUT2D eigenvalue weighted by molar-refractivity contribution is 0.913. The fourth-order valence-corrected chi connectivity index (χ4v) is 3.66. The molecule has 0 bridgehead atoms. The van der Waals surface area contributed by atoms with E-state index in [4.69, 9.17) is 0 Å². The van der Waals surface area contributed by atoms with Crippen molar-refractivity contribution in [3.8, 4) is 22.4 Å². The van der Waals surface area contributed by atoms with E-state index in [9.17, 15) is 0 Å². The molecule has 7 nitrogen and oxygen atoms in total. The molecule has 0 aliphatic heterocycles. The van der Waals surface area contributed by atoms with Gasteiger partial charge in [-0.2, -0.15) is 9.61 Å². The van der Waals surface area contributed by atoms with Gasteiger partial charge in [0.1, 0.15) is 0 Å². The maximum atomic E-state index is 4.53. The lowest BCUT2D eigenvalue weighted by atomic mass is 9.99. The SMILES string of the molecule is Cc1cc(-c2ccc(CNc3ncc4cc(-c5cnccn5)cnn34)cc2C)ccn1. The van der Waals surface area contributed by atoms with Gasteiger partial charge in [-0.25, -0.2) is 4.98 Å². The zero-order valence-corrected chi connectivity index (χ0v) is 17.3. The third-order valence-electron chi connectivity index (χ3n) is 5.19. The number of nitrogens with zero attached hydrogens (tertiary/aromatic N) is 6. The highest BCUT2D eigenvalue weighted by atomic mass is 15.3. The summed E-state index contributed by atoms with van der Waals surface area (Å²) in [6, 6.07) is 12.7. The third kappa shape index (κ3) is 3.85. The number of fused-ring (bicyclic) bond motifs is 1. The lowest BCUT2D eigenvalue weighted by Gasteiger charge is -2.10. The number of hydrogen-bond donors (Lipinski definition) is 1. The molecule has 1 aromatic carbocycles. The fraction of sp³-hybridized carbons (Fsp3) is 0.125. The van der Waals surface area contributed by atoms with Crippen LogP contribution in [-0.2, 0) is 6.54 Å². The molecule has 0 radical (unpaired) electrons. The lowest BCUT2D eigenvalue weighted by Crippen LogP contribution is -2.05. The van der Waals surface area contributed by atoms with Gasteiger partial charge in [0.2, 0.25) is 5.95 Å². The summed E-state index contributed by atoms with van der Waals surface area (Å²) in [4.78, 5) is 17.2. The van der Waals surface area contributed by atoms with Crippen LogP contribution in [0.2, 0.25) is 0 Å². The Morgan fingerprint density at radius 2 is 1.77 bits per heavy atom. The number of nitrogens with one attached hydrogen (secondary N) is 1. The zero-order valence-electron chi connectivity index (χ0n) is 17.3. The van der Waals surface area contributed by atoms with Crippen LogP contribution in [0, 0.1) is 13.8 Å². The number of aryl methyl sites for hydroxylation is 2. The number of pyridine rings is 1. The minimum absolute atomic E-state index is 0.656. The molecule has 7 heteroatoms. The first-order valence-corrected chi connectivity index (χ1v) is 10.0. The topological polar surface area (TPSA) is 80.9 Å². The predicted molar refractivity (Wildman–Crippen MR) is 120 cm³/mol. The van der Waals surface area contributed by atoms with Crippen molar-refractivity contribution in [3.63, 3.8) is 0 Å². The minimum Gasteiger partial charge on any atom is -0.350 e. The van der Waals surface area contributed by atoms with Crippen molar-refractivity contribution >= 4 is 11.5 Å². The molecule has 0 aliphatic rings. The average molecular weight is 407 g/mol. The number of rotatable bonds is 5. The van der Waals surface area contributed by atoms with Crippen LogP contribution >= 0.6 is 0 Å². The smallest absolute Gasteiger partial charge is 0.224 e. The van der Waals surface area contributed by atoms with E-state index in [0.717, 1.165) is 22.5 Å². The maximum absolute atomic E-state index is 4.53. The van der Waals surface area contributed by atoms with Crippen molar-refractivity contribution in [1.29, 1.82) is 0 Å². The van der Waals surface area contributed by atoms with Crippen LogP contribution in [0.5, 0.6) is 0 Å². The van der Waals surface area contributed by atoms with Gasteiger partial charge >= 0.3 is 0 Å². The van der Waals surface area contributed by atoms with Crippen LogP contribution in [0.3, 0.4) is 0 Å². The molecule has 0 atom stereocenters. The molecule has 5 aromatic rings. The number of benzene rings is 1. The largest absolute Gasteiger partial charge is 0.350 e. The maximum Gasteiger partial charge on any atom is 0.224 e. The standard InChI is InChI=1S/C24H21N7/c1-16-9-18(3-4-22(16)19-5-6-26-17(2)10-19)12-28-24-29-14-21-11-20(13-30-31(21)24)23-15-25-7-8-27-23/h3-11,13-15H,12H2,1-2H3,(H,28,29). The Bertz CT molecular complexity index is 1360. The molecule has 31 heavy (non-hydrogen) atoms. The molecular weight excluding hydrogens is 386 g/mol. The summed E-state index contributed by atoms with van der Waals surface area (Å²) in [5.41, 5.74) is 8.42. The van der Waals surface area contributed by atoms with Crippen molar-refractivity contribution in [2.45, 2.75) is 20.4 Å². The van der Waals surface area contributed by atoms with Crippen molar-refractivity contribution < 1.29 is 0 Å². The summed E-state index contributed by atoms with van der Waals surface area (Å²) in [5.74, 6) is 0.701. The van der Waals surface area contributed by atoms with E-state index in [-0.39, 0.29) is 0 Å².